The number of rotatable bonds is 6. The summed E-state index contributed by atoms with van der Waals surface area (Å²) >= 11 is 0. The minimum atomic E-state index is -0.874. The van der Waals surface area contributed by atoms with Gasteiger partial charge in [-0.05, 0) is 24.1 Å². The second-order valence-electron chi connectivity index (χ2n) is 5.44. The van der Waals surface area contributed by atoms with Crippen LogP contribution in [0.3, 0.4) is 0 Å². The van der Waals surface area contributed by atoms with Gasteiger partial charge < -0.3 is 24.8 Å². The summed E-state index contributed by atoms with van der Waals surface area (Å²) in [5.74, 6) is -1.35. The fraction of sp³-hybridized carbons (Fsp3) is 0.438. The summed E-state index contributed by atoms with van der Waals surface area (Å²) in [6.07, 6.45) is 0.472. The zero-order valence-corrected chi connectivity index (χ0v) is 13.4. The van der Waals surface area contributed by atoms with Crippen LogP contribution >= 0.6 is 0 Å². The first-order chi connectivity index (χ1) is 11.5. The van der Waals surface area contributed by atoms with Gasteiger partial charge in [0, 0.05) is 19.6 Å². The number of ether oxygens (including phenoxy) is 2. The minimum absolute atomic E-state index is 0.184. The Morgan fingerprint density at radius 2 is 2.17 bits per heavy atom. The van der Waals surface area contributed by atoms with Crippen LogP contribution < -0.4 is 10.1 Å². The number of urea groups is 1. The van der Waals surface area contributed by atoms with Crippen LogP contribution in [0.2, 0.25) is 0 Å². The zero-order valence-electron chi connectivity index (χ0n) is 13.4. The van der Waals surface area contributed by atoms with Crippen molar-refractivity contribution < 1.29 is 29.0 Å². The molecule has 1 unspecified atom stereocenters. The monoisotopic (exact) mass is 336 g/mol. The highest BCUT2D eigenvalue weighted by Crippen LogP contribution is 2.17. The van der Waals surface area contributed by atoms with Crippen LogP contribution in [0.1, 0.15) is 12.0 Å². The van der Waals surface area contributed by atoms with E-state index in [0.29, 0.717) is 18.7 Å². The molecule has 2 rings (SSSR count). The average Bonchev–Trinajstić information content (AvgIpc) is 3.08. The number of benzene rings is 1. The lowest BCUT2D eigenvalue weighted by molar-refractivity contribution is -0.143. The fourth-order valence-corrected chi connectivity index (χ4v) is 2.38. The summed E-state index contributed by atoms with van der Waals surface area (Å²) in [5, 5.41) is 11.7. The Balaban J connectivity index is 1.82. The van der Waals surface area contributed by atoms with Gasteiger partial charge in [-0.2, -0.15) is 0 Å². The number of nitrogens with one attached hydrogen (secondary N) is 1. The first-order valence-electron chi connectivity index (χ1n) is 7.53. The maximum absolute atomic E-state index is 12.1. The van der Waals surface area contributed by atoms with Gasteiger partial charge in [-0.25, -0.2) is 9.59 Å². The van der Waals surface area contributed by atoms with Crippen molar-refractivity contribution >= 4 is 18.0 Å². The average molecular weight is 336 g/mol. The van der Waals surface area contributed by atoms with Crippen molar-refractivity contribution in [2.45, 2.75) is 13.0 Å². The number of hydrogen-bond donors (Lipinski definition) is 2. The van der Waals surface area contributed by atoms with Crippen LogP contribution in [-0.2, 0) is 20.9 Å². The summed E-state index contributed by atoms with van der Waals surface area (Å²) in [6, 6.07) is 6.69. The molecule has 0 spiro atoms. The SMILES string of the molecule is COC(=O)COc1cccc(CNC(=O)N2CCC(C(=O)O)C2)c1. The van der Waals surface area contributed by atoms with Crippen molar-refractivity contribution in [3.8, 4) is 5.75 Å². The summed E-state index contributed by atoms with van der Waals surface area (Å²) in [6.45, 7) is 0.758. The number of carbonyl (C=O) groups is 3. The molecule has 1 aromatic carbocycles. The van der Waals surface area contributed by atoms with E-state index < -0.39 is 17.9 Å². The molecule has 0 aromatic heterocycles. The summed E-state index contributed by atoms with van der Waals surface area (Å²) in [4.78, 5) is 35.5. The van der Waals surface area contributed by atoms with Gasteiger partial charge in [0.1, 0.15) is 5.75 Å². The third-order valence-corrected chi connectivity index (χ3v) is 3.75. The van der Waals surface area contributed by atoms with Gasteiger partial charge >= 0.3 is 18.0 Å². The van der Waals surface area contributed by atoms with Crippen molar-refractivity contribution in [3.05, 3.63) is 29.8 Å². The highest BCUT2D eigenvalue weighted by Gasteiger charge is 2.30. The molecule has 1 aliphatic rings. The maximum atomic E-state index is 12.1. The lowest BCUT2D eigenvalue weighted by atomic mass is 10.1. The maximum Gasteiger partial charge on any atom is 0.343 e. The van der Waals surface area contributed by atoms with E-state index in [1.54, 1.807) is 18.2 Å². The van der Waals surface area contributed by atoms with Gasteiger partial charge in [0.15, 0.2) is 6.61 Å². The molecule has 8 nitrogen and oxygen atoms in total. The number of esters is 1. The fourth-order valence-electron chi connectivity index (χ4n) is 2.38. The number of carboxylic acid groups (broad SMARTS) is 1. The first kappa shape index (κ1) is 17.6. The number of amides is 2. The molecule has 1 fully saturated rings. The lowest BCUT2D eigenvalue weighted by Gasteiger charge is -2.17. The van der Waals surface area contributed by atoms with E-state index in [1.165, 1.54) is 12.0 Å². The van der Waals surface area contributed by atoms with E-state index in [-0.39, 0.29) is 25.7 Å². The van der Waals surface area contributed by atoms with Gasteiger partial charge in [-0.15, -0.1) is 0 Å². The topological polar surface area (TPSA) is 105 Å². The molecule has 130 valence electrons. The Morgan fingerprint density at radius 1 is 1.38 bits per heavy atom. The van der Waals surface area contributed by atoms with Crippen LogP contribution in [0.5, 0.6) is 5.75 Å². The van der Waals surface area contributed by atoms with E-state index in [1.807, 2.05) is 6.07 Å². The van der Waals surface area contributed by atoms with Crippen molar-refractivity contribution in [2.24, 2.45) is 5.92 Å². The number of nitrogens with zero attached hydrogens (tertiary/aromatic N) is 1. The largest absolute Gasteiger partial charge is 0.482 e. The van der Waals surface area contributed by atoms with Gasteiger partial charge in [-0.1, -0.05) is 12.1 Å². The van der Waals surface area contributed by atoms with Crippen LogP contribution in [0.4, 0.5) is 4.79 Å². The Hall–Kier alpha value is -2.77. The number of likely N-dealkylation sites (tertiary alicyclic amines) is 1. The molecule has 0 saturated carbocycles. The molecule has 0 bridgehead atoms. The molecule has 1 aromatic rings. The van der Waals surface area contributed by atoms with E-state index in [9.17, 15) is 14.4 Å². The second-order valence-corrected chi connectivity index (χ2v) is 5.44. The van der Waals surface area contributed by atoms with Crippen molar-refractivity contribution in [1.82, 2.24) is 10.2 Å². The molecule has 1 saturated heterocycles. The van der Waals surface area contributed by atoms with E-state index in [2.05, 4.69) is 10.1 Å². The molecular weight excluding hydrogens is 316 g/mol. The number of aliphatic carboxylic acids is 1. The third kappa shape index (κ3) is 4.87. The van der Waals surface area contributed by atoms with Gasteiger partial charge in [0.05, 0.1) is 13.0 Å². The van der Waals surface area contributed by atoms with Crippen LogP contribution in [0.25, 0.3) is 0 Å². The normalized spacial score (nSPS) is 16.5. The molecule has 0 radical (unpaired) electrons. The smallest absolute Gasteiger partial charge is 0.343 e. The Kier molecular flexibility index (Phi) is 6.00. The summed E-state index contributed by atoms with van der Waals surface area (Å²) in [5.41, 5.74) is 0.805. The molecule has 2 N–H and O–H groups in total. The molecular formula is C16H20N2O6. The predicted octanol–water partition coefficient (Wildman–Crippen LogP) is 0.854. The highest BCUT2D eigenvalue weighted by molar-refractivity contribution is 5.77. The van der Waals surface area contributed by atoms with Crippen molar-refractivity contribution in [1.29, 1.82) is 0 Å². The van der Waals surface area contributed by atoms with Gasteiger partial charge in [0.25, 0.3) is 0 Å². The molecule has 1 heterocycles. The lowest BCUT2D eigenvalue weighted by Crippen LogP contribution is -2.38. The number of carboxylic acids is 1. The van der Waals surface area contributed by atoms with Crippen LogP contribution in [-0.4, -0.2) is 54.8 Å². The Bertz CT molecular complexity index is 618. The van der Waals surface area contributed by atoms with Gasteiger partial charge in [0.2, 0.25) is 0 Å². The van der Waals surface area contributed by atoms with Crippen LogP contribution in [0.15, 0.2) is 24.3 Å². The zero-order chi connectivity index (χ0) is 17.5. The Morgan fingerprint density at radius 3 is 2.83 bits per heavy atom. The van der Waals surface area contributed by atoms with E-state index >= 15 is 0 Å². The molecule has 2 amide bonds. The third-order valence-electron chi connectivity index (χ3n) is 3.75. The van der Waals surface area contributed by atoms with E-state index in [4.69, 9.17) is 9.84 Å². The minimum Gasteiger partial charge on any atom is -0.482 e. The molecule has 1 aliphatic heterocycles. The first-order valence-corrected chi connectivity index (χ1v) is 7.53. The Labute approximate surface area is 139 Å². The molecule has 24 heavy (non-hydrogen) atoms. The predicted molar refractivity (Wildman–Crippen MR) is 83.5 cm³/mol. The molecule has 0 aliphatic carbocycles. The summed E-state index contributed by atoms with van der Waals surface area (Å²) < 4.78 is 9.78. The molecule has 8 heteroatoms. The van der Waals surface area contributed by atoms with Gasteiger partial charge in [-0.3, -0.25) is 4.79 Å². The number of methoxy groups -OCH3 is 1. The standard InChI is InChI=1S/C16H20N2O6/c1-23-14(19)10-24-13-4-2-3-11(7-13)8-17-16(22)18-6-5-12(9-18)15(20)21/h2-4,7,12H,5-6,8-10H2,1H3,(H,17,22)(H,20,21). The van der Waals surface area contributed by atoms with Crippen LogP contribution in [0, 0.1) is 5.92 Å². The molecule has 1 atom stereocenters. The quantitative estimate of drug-likeness (QED) is 0.746. The summed E-state index contributed by atoms with van der Waals surface area (Å²) in [7, 11) is 1.28. The second kappa shape index (κ2) is 8.19. The van der Waals surface area contributed by atoms with Crippen molar-refractivity contribution in [2.75, 3.05) is 26.8 Å². The van der Waals surface area contributed by atoms with E-state index in [0.717, 1.165) is 5.56 Å². The highest BCUT2D eigenvalue weighted by atomic mass is 16.6. The number of carbonyl (C=O) groups excluding carboxylic acids is 2. The van der Waals surface area contributed by atoms with Crippen molar-refractivity contribution in [3.63, 3.8) is 0 Å². The number of hydrogen-bond acceptors (Lipinski definition) is 5.